The van der Waals surface area contributed by atoms with E-state index in [-0.39, 0.29) is 6.54 Å². The number of carboxylic acids is 1. The van der Waals surface area contributed by atoms with Crippen molar-refractivity contribution in [2.45, 2.75) is 6.92 Å². The van der Waals surface area contributed by atoms with E-state index >= 15 is 0 Å². The van der Waals surface area contributed by atoms with E-state index in [2.05, 4.69) is 9.97 Å². The normalized spacial score (nSPS) is 10.1. The average molecular weight is 225 g/mol. The van der Waals surface area contributed by atoms with Crippen LogP contribution in [-0.4, -0.2) is 47.8 Å². The van der Waals surface area contributed by atoms with Crippen LogP contribution in [0.4, 0.5) is 5.95 Å². The Morgan fingerprint density at radius 2 is 2.12 bits per heavy atom. The van der Waals surface area contributed by atoms with Gasteiger partial charge in [0, 0.05) is 26.0 Å². The number of hydrogen-bond donors (Lipinski definition) is 1. The zero-order valence-electron chi connectivity index (χ0n) is 9.38. The highest BCUT2D eigenvalue weighted by Crippen LogP contribution is 2.06. The molecule has 0 aliphatic carbocycles. The summed E-state index contributed by atoms with van der Waals surface area (Å²) in [6.07, 6.45) is 3.31. The molecule has 0 aliphatic rings. The standard InChI is InChI=1S/C10H15N3O3/c1-8-5-11-10(12-6-8)13(3-4-16-2)7-9(14)15/h5-6H,3-4,7H2,1-2H3,(H,14,15). The second kappa shape index (κ2) is 6.02. The van der Waals surface area contributed by atoms with Gasteiger partial charge in [0.1, 0.15) is 6.54 Å². The van der Waals surface area contributed by atoms with Crippen molar-refractivity contribution in [3.05, 3.63) is 18.0 Å². The minimum absolute atomic E-state index is 0.133. The number of rotatable bonds is 6. The molecular formula is C10H15N3O3. The lowest BCUT2D eigenvalue weighted by atomic mass is 10.4. The Labute approximate surface area is 93.9 Å². The van der Waals surface area contributed by atoms with Crippen molar-refractivity contribution in [2.24, 2.45) is 0 Å². The Hall–Kier alpha value is -1.69. The van der Waals surface area contributed by atoms with Crippen LogP contribution < -0.4 is 4.90 Å². The van der Waals surface area contributed by atoms with Crippen LogP contribution in [0.1, 0.15) is 5.56 Å². The van der Waals surface area contributed by atoms with Gasteiger partial charge in [-0.05, 0) is 12.5 Å². The van der Waals surface area contributed by atoms with Crippen LogP contribution >= 0.6 is 0 Å². The summed E-state index contributed by atoms with van der Waals surface area (Å²) in [6, 6.07) is 0. The summed E-state index contributed by atoms with van der Waals surface area (Å²) in [5.41, 5.74) is 0.936. The molecule has 1 heterocycles. The predicted octanol–water partition coefficient (Wildman–Crippen LogP) is 0.322. The summed E-state index contributed by atoms with van der Waals surface area (Å²) < 4.78 is 4.91. The van der Waals surface area contributed by atoms with Crippen molar-refractivity contribution >= 4 is 11.9 Å². The number of aromatic nitrogens is 2. The molecule has 1 N–H and O–H groups in total. The molecule has 0 saturated carbocycles. The van der Waals surface area contributed by atoms with Crippen LogP contribution in [0.3, 0.4) is 0 Å². The molecule has 0 fully saturated rings. The van der Waals surface area contributed by atoms with E-state index in [1.165, 1.54) is 0 Å². The first-order valence-corrected chi connectivity index (χ1v) is 4.88. The first kappa shape index (κ1) is 12.4. The molecule has 0 amide bonds. The third-order valence-corrected chi connectivity index (χ3v) is 1.94. The number of hydrogen-bond acceptors (Lipinski definition) is 5. The summed E-state index contributed by atoms with van der Waals surface area (Å²) >= 11 is 0. The largest absolute Gasteiger partial charge is 0.480 e. The monoisotopic (exact) mass is 225 g/mol. The van der Waals surface area contributed by atoms with Gasteiger partial charge in [-0.2, -0.15) is 0 Å². The van der Waals surface area contributed by atoms with E-state index in [1.54, 1.807) is 24.4 Å². The number of ether oxygens (including phenoxy) is 1. The third kappa shape index (κ3) is 3.82. The fourth-order valence-electron chi connectivity index (χ4n) is 1.16. The van der Waals surface area contributed by atoms with Crippen molar-refractivity contribution in [1.82, 2.24) is 9.97 Å². The molecule has 1 aromatic heterocycles. The van der Waals surface area contributed by atoms with Crippen molar-refractivity contribution in [1.29, 1.82) is 0 Å². The lowest BCUT2D eigenvalue weighted by Gasteiger charge is -2.19. The van der Waals surface area contributed by atoms with E-state index in [1.807, 2.05) is 6.92 Å². The van der Waals surface area contributed by atoms with Gasteiger partial charge in [-0.15, -0.1) is 0 Å². The van der Waals surface area contributed by atoms with Gasteiger partial charge in [0.05, 0.1) is 6.61 Å². The molecule has 6 nitrogen and oxygen atoms in total. The highest BCUT2D eigenvalue weighted by atomic mass is 16.5. The highest BCUT2D eigenvalue weighted by molar-refractivity contribution is 5.72. The zero-order valence-corrected chi connectivity index (χ0v) is 9.38. The molecule has 16 heavy (non-hydrogen) atoms. The van der Waals surface area contributed by atoms with E-state index in [0.29, 0.717) is 19.1 Å². The summed E-state index contributed by atoms with van der Waals surface area (Å²) in [5, 5.41) is 8.76. The average Bonchev–Trinajstić information content (AvgIpc) is 2.25. The fraction of sp³-hybridized carbons (Fsp3) is 0.500. The Bertz CT molecular complexity index is 340. The smallest absolute Gasteiger partial charge is 0.323 e. The molecule has 0 radical (unpaired) electrons. The molecule has 88 valence electrons. The summed E-state index contributed by atoms with van der Waals surface area (Å²) in [4.78, 5) is 20.4. The van der Waals surface area contributed by atoms with Crippen LogP contribution in [0.25, 0.3) is 0 Å². The Balaban J connectivity index is 2.74. The summed E-state index contributed by atoms with van der Waals surface area (Å²) in [7, 11) is 1.56. The number of aryl methyl sites for hydroxylation is 1. The van der Waals surface area contributed by atoms with E-state index in [4.69, 9.17) is 9.84 Å². The van der Waals surface area contributed by atoms with Crippen LogP contribution in [0, 0.1) is 6.92 Å². The third-order valence-electron chi connectivity index (χ3n) is 1.94. The maximum absolute atomic E-state index is 10.7. The van der Waals surface area contributed by atoms with Gasteiger partial charge in [0.25, 0.3) is 0 Å². The fourth-order valence-corrected chi connectivity index (χ4v) is 1.16. The SMILES string of the molecule is COCCN(CC(=O)O)c1ncc(C)cn1. The topological polar surface area (TPSA) is 75.5 Å². The number of aliphatic carboxylic acids is 1. The minimum atomic E-state index is -0.916. The van der Waals surface area contributed by atoms with Crippen LogP contribution in [0.5, 0.6) is 0 Å². The zero-order chi connectivity index (χ0) is 12.0. The first-order chi connectivity index (χ1) is 7.63. The Morgan fingerprint density at radius 1 is 1.50 bits per heavy atom. The first-order valence-electron chi connectivity index (χ1n) is 4.88. The minimum Gasteiger partial charge on any atom is -0.480 e. The van der Waals surface area contributed by atoms with Gasteiger partial charge >= 0.3 is 5.97 Å². The lowest BCUT2D eigenvalue weighted by molar-refractivity contribution is -0.135. The molecule has 0 bridgehead atoms. The molecule has 0 aromatic carbocycles. The predicted molar refractivity (Wildman–Crippen MR) is 58.5 cm³/mol. The van der Waals surface area contributed by atoms with Gasteiger partial charge in [-0.25, -0.2) is 9.97 Å². The van der Waals surface area contributed by atoms with Crippen molar-refractivity contribution in [3.8, 4) is 0 Å². The quantitative estimate of drug-likeness (QED) is 0.751. The molecule has 1 aromatic rings. The molecule has 0 aliphatic heterocycles. The molecule has 0 atom stereocenters. The second-order valence-electron chi connectivity index (χ2n) is 3.37. The molecule has 0 spiro atoms. The maximum Gasteiger partial charge on any atom is 0.323 e. The van der Waals surface area contributed by atoms with Crippen molar-refractivity contribution in [2.75, 3.05) is 31.7 Å². The Morgan fingerprint density at radius 3 is 2.62 bits per heavy atom. The molecule has 0 unspecified atom stereocenters. The number of carbonyl (C=O) groups is 1. The van der Waals surface area contributed by atoms with Crippen LogP contribution in [0.2, 0.25) is 0 Å². The summed E-state index contributed by atoms with van der Waals surface area (Å²) in [5.74, 6) is -0.509. The molecule has 1 rings (SSSR count). The Kier molecular flexibility index (Phi) is 4.65. The van der Waals surface area contributed by atoms with E-state index in [0.717, 1.165) is 5.56 Å². The van der Waals surface area contributed by atoms with Crippen molar-refractivity contribution in [3.63, 3.8) is 0 Å². The number of carboxylic acid groups (broad SMARTS) is 1. The van der Waals surface area contributed by atoms with Gasteiger partial charge in [0.2, 0.25) is 5.95 Å². The van der Waals surface area contributed by atoms with Crippen LogP contribution in [0.15, 0.2) is 12.4 Å². The van der Waals surface area contributed by atoms with E-state index < -0.39 is 5.97 Å². The maximum atomic E-state index is 10.7. The highest BCUT2D eigenvalue weighted by Gasteiger charge is 2.12. The molecule has 0 saturated heterocycles. The lowest BCUT2D eigenvalue weighted by Crippen LogP contribution is -2.34. The van der Waals surface area contributed by atoms with Gasteiger partial charge in [-0.1, -0.05) is 0 Å². The molecule has 6 heteroatoms. The van der Waals surface area contributed by atoms with Gasteiger partial charge in [-0.3, -0.25) is 4.79 Å². The van der Waals surface area contributed by atoms with E-state index in [9.17, 15) is 4.79 Å². The van der Waals surface area contributed by atoms with Gasteiger partial charge < -0.3 is 14.7 Å². The second-order valence-corrected chi connectivity index (χ2v) is 3.37. The number of anilines is 1. The molecular weight excluding hydrogens is 210 g/mol. The van der Waals surface area contributed by atoms with Crippen LogP contribution in [-0.2, 0) is 9.53 Å². The number of methoxy groups -OCH3 is 1. The van der Waals surface area contributed by atoms with Gasteiger partial charge in [0.15, 0.2) is 0 Å². The summed E-state index contributed by atoms with van der Waals surface area (Å²) in [6.45, 7) is 2.63. The number of nitrogens with zero attached hydrogens (tertiary/aromatic N) is 3. The van der Waals surface area contributed by atoms with Crippen molar-refractivity contribution < 1.29 is 14.6 Å².